The second-order valence-corrected chi connectivity index (χ2v) is 9.93. The number of halogens is 1. The van der Waals surface area contributed by atoms with Crippen molar-refractivity contribution in [3.05, 3.63) is 103 Å². The third-order valence-electron chi connectivity index (χ3n) is 5.82. The number of hydrogen-bond acceptors (Lipinski definition) is 7. The van der Waals surface area contributed by atoms with Crippen molar-refractivity contribution in [2.45, 2.75) is 4.90 Å². The van der Waals surface area contributed by atoms with Crippen LogP contribution in [0.25, 0.3) is 21.8 Å². The molecule has 0 aliphatic carbocycles. The summed E-state index contributed by atoms with van der Waals surface area (Å²) in [6, 6.07) is 24.6. The van der Waals surface area contributed by atoms with Crippen molar-refractivity contribution in [2.75, 3.05) is 11.4 Å². The molecular formula is C28H21BrN2O7S. The molecule has 0 radical (unpaired) electrons. The quantitative estimate of drug-likeness (QED) is 0.230. The number of aromatic nitrogens is 1. The molecule has 0 bridgehead atoms. The number of anilines is 1. The van der Waals surface area contributed by atoms with Gasteiger partial charge in [0, 0.05) is 10.8 Å². The van der Waals surface area contributed by atoms with Crippen LogP contribution in [0.15, 0.2) is 102 Å². The molecule has 1 N–H and O–H groups in total. The maximum absolute atomic E-state index is 13.8. The van der Waals surface area contributed by atoms with E-state index in [4.69, 9.17) is 9.47 Å². The Labute approximate surface area is 234 Å². The molecular weight excluding hydrogens is 588 g/mol. The van der Waals surface area contributed by atoms with Gasteiger partial charge in [-0.2, -0.15) is 4.31 Å². The molecule has 39 heavy (non-hydrogen) atoms. The highest BCUT2D eigenvalue weighted by molar-refractivity contribution is 8.93. The molecule has 198 valence electrons. The van der Waals surface area contributed by atoms with Crippen LogP contribution in [0, 0.1) is 0 Å². The van der Waals surface area contributed by atoms with E-state index < -0.39 is 27.0 Å². The van der Waals surface area contributed by atoms with Crippen LogP contribution in [0.5, 0.6) is 11.5 Å². The van der Waals surface area contributed by atoms with Crippen LogP contribution in [0.1, 0.15) is 10.4 Å². The number of methoxy groups -OCH3 is 1. The summed E-state index contributed by atoms with van der Waals surface area (Å²) in [6.07, 6.45) is -1.21. The highest BCUT2D eigenvalue weighted by Crippen LogP contribution is 2.35. The Morgan fingerprint density at radius 3 is 1.97 bits per heavy atom. The summed E-state index contributed by atoms with van der Waals surface area (Å²) < 4.78 is 39.1. The van der Waals surface area contributed by atoms with Crippen LogP contribution in [-0.2, 0) is 10.0 Å². The van der Waals surface area contributed by atoms with Gasteiger partial charge in [0.15, 0.2) is 5.75 Å². The van der Waals surface area contributed by atoms with Crippen molar-refractivity contribution in [3.63, 3.8) is 0 Å². The van der Waals surface area contributed by atoms with Gasteiger partial charge in [-0.1, -0.05) is 30.3 Å². The van der Waals surface area contributed by atoms with E-state index in [1.54, 1.807) is 48.5 Å². The fraction of sp³-hybridized carbons (Fsp3) is 0.0357. The number of ether oxygens (including phenoxy) is 2. The summed E-state index contributed by atoms with van der Waals surface area (Å²) in [5.41, 5.74) is 0.837. The van der Waals surface area contributed by atoms with Crippen LogP contribution < -0.4 is 13.8 Å². The van der Waals surface area contributed by atoms with Crippen LogP contribution in [-0.4, -0.2) is 37.7 Å². The minimum absolute atomic E-state index is 0. The zero-order valence-corrected chi connectivity index (χ0v) is 22.9. The molecule has 1 amide bonds. The zero-order chi connectivity index (χ0) is 26.9. The van der Waals surface area contributed by atoms with E-state index in [0.29, 0.717) is 31.9 Å². The SMILES string of the molecule is Br.COc1ccc(N(C(=O)Oc2c3ccccc3nc3ccccc23)S(=O)(=O)c2cccc(C(=O)O)c2)cc1. The van der Waals surface area contributed by atoms with Crippen LogP contribution in [0.3, 0.4) is 0 Å². The van der Waals surface area contributed by atoms with E-state index in [0.717, 1.165) is 6.07 Å². The molecule has 0 atom stereocenters. The second-order valence-electron chi connectivity index (χ2n) is 8.14. The molecule has 0 fully saturated rings. The van der Waals surface area contributed by atoms with E-state index in [9.17, 15) is 23.1 Å². The summed E-state index contributed by atoms with van der Waals surface area (Å²) in [7, 11) is -3.16. The lowest BCUT2D eigenvalue weighted by Crippen LogP contribution is -2.39. The smallest absolute Gasteiger partial charge is 0.434 e. The number of amides is 1. The molecule has 0 unspecified atom stereocenters. The van der Waals surface area contributed by atoms with Crippen molar-refractivity contribution in [1.29, 1.82) is 0 Å². The van der Waals surface area contributed by atoms with E-state index in [2.05, 4.69) is 4.98 Å². The maximum atomic E-state index is 13.8. The van der Waals surface area contributed by atoms with Gasteiger partial charge in [-0.25, -0.2) is 23.0 Å². The van der Waals surface area contributed by atoms with Crippen molar-refractivity contribution < 1.29 is 32.6 Å². The number of fused-ring (bicyclic) bond motifs is 2. The van der Waals surface area contributed by atoms with Crippen LogP contribution >= 0.6 is 17.0 Å². The molecule has 9 nitrogen and oxygen atoms in total. The number of pyridine rings is 1. The van der Waals surface area contributed by atoms with E-state index >= 15 is 0 Å². The lowest BCUT2D eigenvalue weighted by molar-refractivity contribution is 0.0696. The Hall–Kier alpha value is -4.48. The number of rotatable bonds is 6. The van der Waals surface area contributed by atoms with Gasteiger partial charge in [0.05, 0.1) is 34.3 Å². The number of nitrogens with zero attached hydrogens (tertiary/aromatic N) is 2. The first kappa shape index (κ1) is 27.6. The molecule has 0 spiro atoms. The monoisotopic (exact) mass is 608 g/mol. The van der Waals surface area contributed by atoms with E-state index in [1.807, 2.05) is 0 Å². The summed E-state index contributed by atoms with van der Waals surface area (Å²) in [6.45, 7) is 0. The van der Waals surface area contributed by atoms with Gasteiger partial charge in [-0.05, 0) is 66.7 Å². The first-order valence-corrected chi connectivity index (χ1v) is 12.8. The third-order valence-corrected chi connectivity index (χ3v) is 7.51. The Morgan fingerprint density at radius 1 is 0.821 bits per heavy atom. The maximum Gasteiger partial charge on any atom is 0.434 e. The van der Waals surface area contributed by atoms with Gasteiger partial charge in [0.2, 0.25) is 0 Å². The van der Waals surface area contributed by atoms with Crippen molar-refractivity contribution in [2.24, 2.45) is 0 Å². The van der Waals surface area contributed by atoms with Gasteiger partial charge in [0.25, 0.3) is 10.0 Å². The van der Waals surface area contributed by atoms with E-state index in [1.165, 1.54) is 49.6 Å². The molecule has 0 aliphatic rings. The molecule has 1 heterocycles. The fourth-order valence-electron chi connectivity index (χ4n) is 3.99. The molecule has 1 aromatic heterocycles. The molecule has 0 aliphatic heterocycles. The highest BCUT2D eigenvalue weighted by atomic mass is 79.9. The lowest BCUT2D eigenvalue weighted by Gasteiger charge is -2.23. The predicted octanol–water partition coefficient (Wildman–Crippen LogP) is 6.07. The zero-order valence-electron chi connectivity index (χ0n) is 20.3. The number of para-hydroxylation sites is 2. The molecule has 11 heteroatoms. The van der Waals surface area contributed by atoms with Gasteiger partial charge in [-0.3, -0.25) is 0 Å². The first-order valence-electron chi connectivity index (χ1n) is 11.3. The Bertz CT molecular complexity index is 1750. The third kappa shape index (κ3) is 5.27. The summed E-state index contributed by atoms with van der Waals surface area (Å²) >= 11 is 0. The first-order chi connectivity index (χ1) is 18.3. The van der Waals surface area contributed by atoms with Crippen LogP contribution in [0.4, 0.5) is 10.5 Å². The largest absolute Gasteiger partial charge is 0.497 e. The number of carboxylic acids is 1. The Morgan fingerprint density at radius 2 is 1.41 bits per heavy atom. The summed E-state index contributed by atoms with van der Waals surface area (Å²) in [5, 5.41) is 10.4. The van der Waals surface area contributed by atoms with Crippen molar-refractivity contribution in [3.8, 4) is 11.5 Å². The number of carbonyl (C=O) groups excluding carboxylic acids is 1. The number of aromatic carboxylic acids is 1. The molecule has 0 saturated carbocycles. The second kappa shape index (κ2) is 11.1. The molecule has 4 aromatic carbocycles. The summed E-state index contributed by atoms with van der Waals surface area (Å²) in [4.78, 5) is 29.4. The number of hydrogen-bond donors (Lipinski definition) is 1. The minimum Gasteiger partial charge on any atom is -0.497 e. The lowest BCUT2D eigenvalue weighted by atomic mass is 10.1. The van der Waals surface area contributed by atoms with Gasteiger partial charge < -0.3 is 14.6 Å². The molecule has 0 saturated heterocycles. The number of carboxylic acid groups (broad SMARTS) is 1. The standard InChI is InChI=1S/C28H20N2O7S.BrH/c1-36-20-15-13-19(14-16-20)30(38(34,35)21-8-6-7-18(17-21)27(31)32)28(33)37-26-22-9-2-4-11-24(22)29-25-12-5-3-10-23(25)26;/h2-17H,1H3,(H,31,32);1H. The van der Waals surface area contributed by atoms with Crippen molar-refractivity contribution in [1.82, 2.24) is 4.98 Å². The highest BCUT2D eigenvalue weighted by Gasteiger charge is 2.34. The van der Waals surface area contributed by atoms with Crippen LogP contribution in [0.2, 0.25) is 0 Å². The van der Waals surface area contributed by atoms with Gasteiger partial charge in [-0.15, -0.1) is 17.0 Å². The minimum atomic E-state index is -4.62. The summed E-state index contributed by atoms with van der Waals surface area (Å²) in [5.74, 6) is -0.724. The van der Waals surface area contributed by atoms with Gasteiger partial charge >= 0.3 is 12.1 Å². The number of carbonyl (C=O) groups is 2. The Balaban J connectivity index is 0.00000353. The predicted molar refractivity (Wildman–Crippen MR) is 152 cm³/mol. The van der Waals surface area contributed by atoms with Gasteiger partial charge in [0.1, 0.15) is 5.75 Å². The Kier molecular flexibility index (Phi) is 7.84. The number of sulfonamides is 1. The van der Waals surface area contributed by atoms with E-state index in [-0.39, 0.29) is 34.0 Å². The topological polar surface area (TPSA) is 123 Å². The normalized spacial score (nSPS) is 11.0. The van der Waals surface area contributed by atoms with Crippen molar-refractivity contribution >= 4 is 66.6 Å². The average molecular weight is 609 g/mol. The molecule has 5 aromatic rings. The molecule has 5 rings (SSSR count). The fourth-order valence-corrected chi connectivity index (χ4v) is 5.36. The average Bonchev–Trinajstić information content (AvgIpc) is 2.93. The number of benzene rings is 4.